The summed E-state index contributed by atoms with van der Waals surface area (Å²) in [7, 11) is 1.60. The fourth-order valence-electron chi connectivity index (χ4n) is 2.39. The lowest BCUT2D eigenvalue weighted by Gasteiger charge is -2.12. The molecular formula is C17H12F2N4O. The maximum Gasteiger partial charge on any atom is 0.185 e. The molecule has 0 radical (unpaired) electrons. The van der Waals surface area contributed by atoms with Gasteiger partial charge in [0, 0.05) is 12.6 Å². The maximum atomic E-state index is 13.3. The number of allylic oxidation sites excluding steroid dienone is 1. The molecule has 0 spiro atoms. The number of aldehydes is 1. The van der Waals surface area contributed by atoms with Gasteiger partial charge in [0.15, 0.2) is 12.1 Å². The molecule has 0 bridgehead atoms. The van der Waals surface area contributed by atoms with E-state index in [0.717, 1.165) is 0 Å². The largest absolute Gasteiger partial charge is 0.298 e. The quantitative estimate of drug-likeness (QED) is 0.546. The highest BCUT2D eigenvalue weighted by molar-refractivity contribution is 6.19. The van der Waals surface area contributed by atoms with Crippen molar-refractivity contribution in [3.8, 4) is 0 Å². The Morgan fingerprint density at radius 3 is 1.83 bits per heavy atom. The summed E-state index contributed by atoms with van der Waals surface area (Å²) in [6, 6.07) is 11.3. The van der Waals surface area contributed by atoms with Crippen molar-refractivity contribution in [2.45, 2.75) is 0 Å². The van der Waals surface area contributed by atoms with E-state index in [-0.39, 0.29) is 11.4 Å². The summed E-state index contributed by atoms with van der Waals surface area (Å²) in [4.78, 5) is 11.8. The molecule has 24 heavy (non-hydrogen) atoms. The smallest absolute Gasteiger partial charge is 0.185 e. The van der Waals surface area contributed by atoms with Crippen molar-refractivity contribution in [1.29, 1.82) is 0 Å². The van der Waals surface area contributed by atoms with Gasteiger partial charge in [-0.15, -0.1) is 5.10 Å². The molecule has 0 aliphatic rings. The summed E-state index contributed by atoms with van der Waals surface area (Å²) in [6.07, 6.45) is 0.633. The van der Waals surface area contributed by atoms with Gasteiger partial charge < -0.3 is 0 Å². The molecule has 5 nitrogen and oxygen atoms in total. The Hall–Kier alpha value is -3.22. The third-order valence-corrected chi connectivity index (χ3v) is 3.51. The van der Waals surface area contributed by atoms with Crippen molar-refractivity contribution in [2.24, 2.45) is 7.05 Å². The van der Waals surface area contributed by atoms with Crippen LogP contribution in [0.4, 0.5) is 8.78 Å². The zero-order valence-corrected chi connectivity index (χ0v) is 12.6. The van der Waals surface area contributed by atoms with Crippen molar-refractivity contribution in [3.05, 3.63) is 77.1 Å². The number of benzene rings is 2. The second-order valence-corrected chi connectivity index (χ2v) is 5.05. The number of carbonyl (C=O) groups is 1. The van der Waals surface area contributed by atoms with E-state index < -0.39 is 11.6 Å². The lowest BCUT2D eigenvalue weighted by atomic mass is 9.93. The van der Waals surface area contributed by atoms with E-state index >= 15 is 0 Å². The number of tetrazole rings is 1. The monoisotopic (exact) mass is 326 g/mol. The van der Waals surface area contributed by atoms with Gasteiger partial charge >= 0.3 is 0 Å². The first kappa shape index (κ1) is 15.7. The van der Waals surface area contributed by atoms with Crippen LogP contribution in [-0.2, 0) is 11.8 Å². The molecule has 0 fully saturated rings. The van der Waals surface area contributed by atoms with Gasteiger partial charge in [0.2, 0.25) is 0 Å². The summed E-state index contributed by atoms with van der Waals surface area (Å²) < 4.78 is 27.9. The summed E-state index contributed by atoms with van der Waals surface area (Å²) in [5, 5.41) is 11.1. The Morgan fingerprint density at radius 2 is 1.46 bits per heavy atom. The Kier molecular flexibility index (Phi) is 4.24. The predicted molar refractivity (Wildman–Crippen MR) is 83.6 cm³/mol. The third-order valence-electron chi connectivity index (χ3n) is 3.51. The molecule has 0 aliphatic carbocycles. The van der Waals surface area contributed by atoms with Crippen LogP contribution < -0.4 is 0 Å². The Morgan fingerprint density at radius 1 is 0.958 bits per heavy atom. The molecule has 0 aliphatic heterocycles. The first-order valence-electron chi connectivity index (χ1n) is 7.04. The van der Waals surface area contributed by atoms with Crippen LogP contribution in [0.5, 0.6) is 0 Å². The van der Waals surface area contributed by atoms with Gasteiger partial charge in [-0.2, -0.15) is 0 Å². The molecule has 0 N–H and O–H groups in total. The number of aromatic nitrogens is 4. The fraction of sp³-hybridized carbons (Fsp3) is 0.0588. The number of halogens is 2. The van der Waals surface area contributed by atoms with E-state index in [4.69, 9.17) is 0 Å². The maximum absolute atomic E-state index is 13.3. The first-order valence-corrected chi connectivity index (χ1v) is 7.04. The average Bonchev–Trinajstić information content (AvgIpc) is 3.01. The molecule has 7 heteroatoms. The van der Waals surface area contributed by atoms with Crippen LogP contribution in [0.1, 0.15) is 17.0 Å². The SMILES string of the molecule is Cn1nnnc1C(C=O)=C(c1ccc(F)cc1)c1ccc(F)cc1. The fourth-order valence-corrected chi connectivity index (χ4v) is 2.39. The predicted octanol–water partition coefficient (Wildman–Crippen LogP) is 2.65. The zero-order valence-electron chi connectivity index (χ0n) is 12.6. The van der Waals surface area contributed by atoms with Crippen molar-refractivity contribution >= 4 is 17.4 Å². The van der Waals surface area contributed by atoms with E-state index in [1.807, 2.05) is 0 Å². The highest BCUT2D eigenvalue weighted by Crippen LogP contribution is 2.30. The third kappa shape index (κ3) is 2.96. The van der Waals surface area contributed by atoms with Crippen LogP contribution >= 0.6 is 0 Å². The summed E-state index contributed by atoms with van der Waals surface area (Å²) in [5.41, 5.74) is 1.89. The van der Waals surface area contributed by atoms with Gasteiger partial charge in [-0.05, 0) is 45.8 Å². The highest BCUT2D eigenvalue weighted by atomic mass is 19.1. The van der Waals surface area contributed by atoms with E-state index in [1.54, 1.807) is 31.3 Å². The van der Waals surface area contributed by atoms with E-state index in [2.05, 4.69) is 15.5 Å². The normalized spacial score (nSPS) is 10.5. The van der Waals surface area contributed by atoms with Gasteiger partial charge in [0.05, 0.1) is 5.57 Å². The zero-order chi connectivity index (χ0) is 17.1. The van der Waals surface area contributed by atoms with Crippen LogP contribution in [-0.4, -0.2) is 26.5 Å². The van der Waals surface area contributed by atoms with Crippen molar-refractivity contribution in [2.75, 3.05) is 0 Å². The first-order chi connectivity index (χ1) is 11.6. The molecule has 0 saturated carbocycles. The number of hydrogen-bond donors (Lipinski definition) is 0. The van der Waals surface area contributed by atoms with Crippen molar-refractivity contribution in [1.82, 2.24) is 20.2 Å². The molecule has 120 valence electrons. The number of nitrogens with zero attached hydrogens (tertiary/aromatic N) is 4. The van der Waals surface area contributed by atoms with Gasteiger partial charge in [0.25, 0.3) is 0 Å². The molecule has 1 aromatic heterocycles. The van der Waals surface area contributed by atoms with Crippen LogP contribution in [0.25, 0.3) is 11.1 Å². The molecule has 0 saturated heterocycles. The number of aryl methyl sites for hydroxylation is 1. The molecular weight excluding hydrogens is 314 g/mol. The average molecular weight is 326 g/mol. The lowest BCUT2D eigenvalue weighted by Crippen LogP contribution is -2.04. The minimum atomic E-state index is -0.398. The second kappa shape index (κ2) is 6.49. The van der Waals surface area contributed by atoms with Crippen LogP contribution in [0.15, 0.2) is 48.5 Å². The minimum absolute atomic E-state index is 0.223. The molecule has 3 aromatic rings. The van der Waals surface area contributed by atoms with E-state index in [9.17, 15) is 13.6 Å². The van der Waals surface area contributed by atoms with Gasteiger partial charge in [-0.3, -0.25) is 4.79 Å². The molecule has 0 atom stereocenters. The van der Waals surface area contributed by atoms with E-state index in [0.29, 0.717) is 23.0 Å². The number of hydrogen-bond acceptors (Lipinski definition) is 4. The Bertz CT molecular complexity index is 852. The molecule has 1 heterocycles. The van der Waals surface area contributed by atoms with Gasteiger partial charge in [-0.25, -0.2) is 13.5 Å². The van der Waals surface area contributed by atoms with Crippen LogP contribution in [0, 0.1) is 11.6 Å². The van der Waals surface area contributed by atoms with Gasteiger partial charge in [0.1, 0.15) is 11.6 Å². The molecule has 0 amide bonds. The number of rotatable bonds is 4. The number of carbonyl (C=O) groups excluding carboxylic acids is 1. The second-order valence-electron chi connectivity index (χ2n) is 5.05. The molecule has 3 rings (SSSR count). The van der Waals surface area contributed by atoms with Crippen LogP contribution in [0.3, 0.4) is 0 Å². The minimum Gasteiger partial charge on any atom is -0.298 e. The topological polar surface area (TPSA) is 60.7 Å². The Labute approximate surface area is 136 Å². The molecule has 2 aromatic carbocycles. The lowest BCUT2D eigenvalue weighted by molar-refractivity contribution is -0.103. The van der Waals surface area contributed by atoms with Crippen molar-refractivity contribution in [3.63, 3.8) is 0 Å². The highest BCUT2D eigenvalue weighted by Gasteiger charge is 2.18. The summed E-state index contributed by atoms with van der Waals surface area (Å²) in [5.74, 6) is -0.538. The Balaban J connectivity index is 2.30. The van der Waals surface area contributed by atoms with Crippen LogP contribution in [0.2, 0.25) is 0 Å². The van der Waals surface area contributed by atoms with E-state index in [1.165, 1.54) is 28.9 Å². The summed E-state index contributed by atoms with van der Waals surface area (Å²) >= 11 is 0. The standard InChI is InChI=1S/C17H12F2N4O/c1-23-17(20-21-22-23)15(10-24)16(11-2-6-13(18)7-3-11)12-4-8-14(19)9-5-12/h2-10H,1H3. The van der Waals surface area contributed by atoms with Crippen molar-refractivity contribution < 1.29 is 13.6 Å². The summed E-state index contributed by atoms with van der Waals surface area (Å²) in [6.45, 7) is 0. The molecule has 0 unspecified atom stereocenters. The van der Waals surface area contributed by atoms with Gasteiger partial charge in [-0.1, -0.05) is 24.3 Å².